The number of hydrogen-bond donors (Lipinski definition) is 1. The van der Waals surface area contributed by atoms with Crippen molar-refractivity contribution in [2.45, 2.75) is 24.7 Å². The third-order valence-corrected chi connectivity index (χ3v) is 4.15. The molecule has 0 fully saturated rings. The standard InChI is InChI=1S/C16H25NO3S/c1-2-18-9-4-3-7-17-8-12-21-14-5-6-15-16(13-14)20-11-10-19-15/h5-6,13,17H,2-4,7-12H2,1H3. The van der Waals surface area contributed by atoms with Crippen molar-refractivity contribution in [3.05, 3.63) is 18.2 Å². The monoisotopic (exact) mass is 311 g/mol. The minimum Gasteiger partial charge on any atom is -0.486 e. The Labute approximate surface area is 131 Å². The SMILES string of the molecule is CCOCCCCNCCSc1ccc2c(c1)OCCO2. The number of benzene rings is 1. The van der Waals surface area contributed by atoms with Crippen molar-refractivity contribution >= 4 is 11.8 Å². The molecule has 5 heteroatoms. The van der Waals surface area contributed by atoms with Crippen LogP contribution in [0.5, 0.6) is 11.5 Å². The van der Waals surface area contributed by atoms with Crippen LogP contribution in [0.1, 0.15) is 19.8 Å². The van der Waals surface area contributed by atoms with E-state index >= 15 is 0 Å². The summed E-state index contributed by atoms with van der Waals surface area (Å²) in [7, 11) is 0. The van der Waals surface area contributed by atoms with E-state index in [0.29, 0.717) is 13.2 Å². The fraction of sp³-hybridized carbons (Fsp3) is 0.625. The van der Waals surface area contributed by atoms with Gasteiger partial charge in [0.05, 0.1) is 0 Å². The molecule has 0 saturated heterocycles. The predicted molar refractivity (Wildman–Crippen MR) is 86.8 cm³/mol. The highest BCUT2D eigenvalue weighted by Crippen LogP contribution is 2.33. The molecule has 0 saturated carbocycles. The average Bonchev–Trinajstić information content (AvgIpc) is 2.53. The largest absolute Gasteiger partial charge is 0.486 e. The molecule has 2 rings (SSSR count). The number of unbranched alkanes of at least 4 members (excludes halogenated alkanes) is 1. The van der Waals surface area contributed by atoms with Crippen LogP contribution in [0.3, 0.4) is 0 Å². The Kier molecular flexibility index (Phi) is 7.78. The van der Waals surface area contributed by atoms with Crippen molar-refractivity contribution in [3.8, 4) is 11.5 Å². The molecule has 1 aliphatic heterocycles. The summed E-state index contributed by atoms with van der Waals surface area (Å²) < 4.78 is 16.4. The maximum absolute atomic E-state index is 5.59. The lowest BCUT2D eigenvalue weighted by Crippen LogP contribution is -2.18. The Hall–Kier alpha value is -0.910. The van der Waals surface area contributed by atoms with Crippen LogP contribution in [0.4, 0.5) is 0 Å². The molecule has 21 heavy (non-hydrogen) atoms. The average molecular weight is 311 g/mol. The number of nitrogens with one attached hydrogen (secondary N) is 1. The van der Waals surface area contributed by atoms with Gasteiger partial charge in [0.25, 0.3) is 0 Å². The normalized spacial score (nSPS) is 13.4. The first-order valence-corrected chi connectivity index (χ1v) is 8.69. The van der Waals surface area contributed by atoms with E-state index in [-0.39, 0.29) is 0 Å². The van der Waals surface area contributed by atoms with E-state index < -0.39 is 0 Å². The summed E-state index contributed by atoms with van der Waals surface area (Å²) >= 11 is 1.84. The third kappa shape index (κ3) is 6.16. The van der Waals surface area contributed by atoms with Gasteiger partial charge in [0.1, 0.15) is 13.2 Å². The Bertz CT molecular complexity index is 415. The van der Waals surface area contributed by atoms with Crippen LogP contribution in [0.25, 0.3) is 0 Å². The van der Waals surface area contributed by atoms with Crippen molar-refractivity contribution in [1.29, 1.82) is 0 Å². The quantitative estimate of drug-likeness (QED) is 0.531. The highest BCUT2D eigenvalue weighted by Gasteiger charge is 2.11. The van der Waals surface area contributed by atoms with Gasteiger partial charge in [-0.3, -0.25) is 0 Å². The number of ether oxygens (including phenoxy) is 3. The summed E-state index contributed by atoms with van der Waals surface area (Å²) in [6.07, 6.45) is 2.31. The van der Waals surface area contributed by atoms with E-state index in [2.05, 4.69) is 17.4 Å². The highest BCUT2D eigenvalue weighted by molar-refractivity contribution is 7.99. The van der Waals surface area contributed by atoms with Crippen LogP contribution in [-0.2, 0) is 4.74 Å². The molecule has 1 aliphatic rings. The van der Waals surface area contributed by atoms with Gasteiger partial charge in [-0.25, -0.2) is 0 Å². The predicted octanol–water partition coefficient (Wildman–Crippen LogP) is 2.96. The van der Waals surface area contributed by atoms with E-state index in [9.17, 15) is 0 Å². The second kappa shape index (κ2) is 9.92. The van der Waals surface area contributed by atoms with Crippen LogP contribution in [0.15, 0.2) is 23.1 Å². The minimum absolute atomic E-state index is 0.643. The summed E-state index contributed by atoms with van der Waals surface area (Å²) in [6.45, 7) is 7.11. The van der Waals surface area contributed by atoms with Gasteiger partial charge in [-0.15, -0.1) is 11.8 Å². The second-order valence-electron chi connectivity index (χ2n) is 4.81. The lowest BCUT2D eigenvalue weighted by molar-refractivity contribution is 0.143. The van der Waals surface area contributed by atoms with E-state index in [1.807, 2.05) is 24.8 Å². The van der Waals surface area contributed by atoms with Gasteiger partial charge >= 0.3 is 0 Å². The first-order chi connectivity index (χ1) is 10.4. The van der Waals surface area contributed by atoms with Crippen molar-refractivity contribution in [2.75, 3.05) is 45.3 Å². The number of thioether (sulfide) groups is 1. The number of hydrogen-bond acceptors (Lipinski definition) is 5. The molecule has 4 nitrogen and oxygen atoms in total. The van der Waals surface area contributed by atoms with Crippen LogP contribution >= 0.6 is 11.8 Å². The number of rotatable bonds is 10. The molecule has 1 N–H and O–H groups in total. The minimum atomic E-state index is 0.643. The molecule has 118 valence electrons. The van der Waals surface area contributed by atoms with Crippen LogP contribution < -0.4 is 14.8 Å². The lowest BCUT2D eigenvalue weighted by atomic mass is 10.3. The summed E-state index contributed by atoms with van der Waals surface area (Å²) in [5, 5.41) is 3.46. The summed E-state index contributed by atoms with van der Waals surface area (Å²) in [4.78, 5) is 1.23. The zero-order valence-corrected chi connectivity index (χ0v) is 13.5. The Morgan fingerprint density at radius 3 is 2.86 bits per heavy atom. The topological polar surface area (TPSA) is 39.7 Å². The molecule has 0 aromatic heterocycles. The molecule has 0 unspecified atom stereocenters. The smallest absolute Gasteiger partial charge is 0.162 e. The fourth-order valence-electron chi connectivity index (χ4n) is 2.08. The maximum atomic E-state index is 5.59. The Morgan fingerprint density at radius 2 is 2.00 bits per heavy atom. The molecule has 0 amide bonds. The van der Waals surface area contributed by atoms with E-state index in [1.165, 1.54) is 11.3 Å². The fourth-order valence-corrected chi connectivity index (χ4v) is 2.91. The summed E-state index contributed by atoms with van der Waals surface area (Å²) in [6, 6.07) is 6.17. The summed E-state index contributed by atoms with van der Waals surface area (Å²) in [5.74, 6) is 2.79. The Balaban J connectivity index is 1.54. The maximum Gasteiger partial charge on any atom is 0.162 e. The van der Waals surface area contributed by atoms with Crippen molar-refractivity contribution in [2.24, 2.45) is 0 Å². The molecule has 0 spiro atoms. The third-order valence-electron chi connectivity index (χ3n) is 3.16. The molecule has 0 aliphatic carbocycles. The van der Waals surface area contributed by atoms with Crippen LogP contribution in [-0.4, -0.2) is 45.3 Å². The molecular formula is C16H25NO3S. The first kappa shape index (κ1) is 16.5. The van der Waals surface area contributed by atoms with Crippen molar-refractivity contribution in [3.63, 3.8) is 0 Å². The molecule has 1 heterocycles. The van der Waals surface area contributed by atoms with Gasteiger partial charge in [-0.1, -0.05) is 0 Å². The van der Waals surface area contributed by atoms with Gasteiger partial charge in [0, 0.05) is 30.4 Å². The van der Waals surface area contributed by atoms with Crippen LogP contribution in [0.2, 0.25) is 0 Å². The van der Waals surface area contributed by atoms with Gasteiger partial charge < -0.3 is 19.5 Å². The van der Waals surface area contributed by atoms with Crippen LogP contribution in [0, 0.1) is 0 Å². The van der Waals surface area contributed by atoms with Gasteiger partial charge in [-0.05, 0) is 44.5 Å². The van der Waals surface area contributed by atoms with Crippen molar-refractivity contribution in [1.82, 2.24) is 5.32 Å². The van der Waals surface area contributed by atoms with E-state index in [1.54, 1.807) is 0 Å². The zero-order chi connectivity index (χ0) is 14.8. The number of fused-ring (bicyclic) bond motifs is 1. The van der Waals surface area contributed by atoms with E-state index in [4.69, 9.17) is 14.2 Å². The molecular weight excluding hydrogens is 286 g/mol. The lowest BCUT2D eigenvalue weighted by Gasteiger charge is -2.18. The van der Waals surface area contributed by atoms with Gasteiger partial charge in [0.2, 0.25) is 0 Å². The Morgan fingerprint density at radius 1 is 1.14 bits per heavy atom. The van der Waals surface area contributed by atoms with Gasteiger partial charge in [-0.2, -0.15) is 0 Å². The molecule has 0 bridgehead atoms. The van der Waals surface area contributed by atoms with E-state index in [0.717, 1.165) is 50.0 Å². The summed E-state index contributed by atoms with van der Waals surface area (Å²) in [5.41, 5.74) is 0. The zero-order valence-electron chi connectivity index (χ0n) is 12.7. The molecule has 1 aromatic carbocycles. The molecule has 0 radical (unpaired) electrons. The van der Waals surface area contributed by atoms with Crippen molar-refractivity contribution < 1.29 is 14.2 Å². The highest BCUT2D eigenvalue weighted by atomic mass is 32.2. The molecule has 0 atom stereocenters. The second-order valence-corrected chi connectivity index (χ2v) is 5.98. The first-order valence-electron chi connectivity index (χ1n) is 7.71. The van der Waals surface area contributed by atoms with Gasteiger partial charge in [0.15, 0.2) is 11.5 Å². The molecule has 1 aromatic rings.